The molecule has 2 heterocycles. The highest BCUT2D eigenvalue weighted by atomic mass is 16.2. The maximum Gasteiger partial charge on any atom is 0.222 e. The number of ketones is 1. The van der Waals surface area contributed by atoms with Gasteiger partial charge in [0, 0.05) is 37.7 Å². The number of hydrogen-bond acceptors (Lipinski definition) is 5. The van der Waals surface area contributed by atoms with Crippen molar-refractivity contribution in [3.05, 3.63) is 54.5 Å². The molecular formula is C18H20N4O2. The molecular weight excluding hydrogens is 304 g/mol. The van der Waals surface area contributed by atoms with Gasteiger partial charge in [0.2, 0.25) is 5.91 Å². The SMILES string of the molecule is O=C(CCCC(=O)N1CC(Nc2ccncn2)C1)c1ccccc1. The molecule has 0 atom stereocenters. The van der Waals surface area contributed by atoms with E-state index in [1.54, 1.807) is 12.3 Å². The minimum atomic E-state index is 0.0929. The molecule has 6 nitrogen and oxygen atoms in total. The molecule has 124 valence electrons. The second-order valence-corrected chi connectivity index (χ2v) is 5.88. The zero-order valence-corrected chi connectivity index (χ0v) is 13.4. The second-order valence-electron chi connectivity index (χ2n) is 5.88. The summed E-state index contributed by atoms with van der Waals surface area (Å²) in [5.41, 5.74) is 0.711. The first kappa shape index (κ1) is 16.1. The second kappa shape index (κ2) is 7.68. The van der Waals surface area contributed by atoms with Gasteiger partial charge in [-0.15, -0.1) is 0 Å². The zero-order valence-electron chi connectivity index (χ0n) is 13.4. The number of nitrogens with zero attached hydrogens (tertiary/aromatic N) is 3. The summed E-state index contributed by atoms with van der Waals surface area (Å²) >= 11 is 0. The van der Waals surface area contributed by atoms with Crippen LogP contribution in [0.1, 0.15) is 29.6 Å². The largest absolute Gasteiger partial charge is 0.364 e. The van der Waals surface area contributed by atoms with Crippen molar-refractivity contribution in [1.29, 1.82) is 0 Å². The predicted octanol–water partition coefficient (Wildman–Crippen LogP) is 2.15. The molecule has 0 saturated carbocycles. The van der Waals surface area contributed by atoms with Crippen LogP contribution in [0, 0.1) is 0 Å². The molecule has 1 aliphatic rings. The summed E-state index contributed by atoms with van der Waals surface area (Å²) in [6, 6.07) is 11.2. The number of carbonyl (C=O) groups is 2. The van der Waals surface area contributed by atoms with Crippen LogP contribution in [0.4, 0.5) is 5.82 Å². The summed E-state index contributed by atoms with van der Waals surface area (Å²) in [6.45, 7) is 1.35. The monoisotopic (exact) mass is 324 g/mol. The highest BCUT2D eigenvalue weighted by Gasteiger charge is 2.30. The first-order chi connectivity index (χ1) is 11.7. The number of hydrogen-bond donors (Lipinski definition) is 1. The van der Waals surface area contributed by atoms with Gasteiger partial charge in [0.05, 0.1) is 6.04 Å². The molecule has 0 spiro atoms. The van der Waals surface area contributed by atoms with Crippen molar-refractivity contribution in [2.45, 2.75) is 25.3 Å². The van der Waals surface area contributed by atoms with Gasteiger partial charge in [-0.1, -0.05) is 30.3 Å². The Morgan fingerprint density at radius 2 is 1.92 bits per heavy atom. The molecule has 0 unspecified atom stereocenters. The average Bonchev–Trinajstić information content (AvgIpc) is 2.59. The fourth-order valence-corrected chi connectivity index (χ4v) is 2.69. The predicted molar refractivity (Wildman–Crippen MR) is 90.6 cm³/mol. The molecule has 0 aliphatic carbocycles. The lowest BCUT2D eigenvalue weighted by Gasteiger charge is -2.39. The van der Waals surface area contributed by atoms with E-state index in [9.17, 15) is 9.59 Å². The molecule has 2 aromatic rings. The number of amides is 1. The fraction of sp³-hybridized carbons (Fsp3) is 0.333. The van der Waals surface area contributed by atoms with Crippen LogP contribution in [0.5, 0.6) is 0 Å². The molecule has 1 fully saturated rings. The molecule has 1 saturated heterocycles. The van der Waals surface area contributed by atoms with E-state index in [0.29, 0.717) is 37.9 Å². The van der Waals surface area contributed by atoms with E-state index in [1.807, 2.05) is 35.2 Å². The van der Waals surface area contributed by atoms with Gasteiger partial charge >= 0.3 is 0 Å². The lowest BCUT2D eigenvalue weighted by Crippen LogP contribution is -2.57. The van der Waals surface area contributed by atoms with Gasteiger partial charge in [-0.3, -0.25) is 9.59 Å². The molecule has 24 heavy (non-hydrogen) atoms. The minimum Gasteiger partial charge on any atom is -0.364 e. The Morgan fingerprint density at radius 1 is 1.12 bits per heavy atom. The van der Waals surface area contributed by atoms with E-state index in [0.717, 1.165) is 5.82 Å². The van der Waals surface area contributed by atoms with E-state index in [-0.39, 0.29) is 17.7 Å². The molecule has 1 aliphatic heterocycles. The van der Waals surface area contributed by atoms with E-state index in [4.69, 9.17) is 0 Å². The lowest BCUT2D eigenvalue weighted by molar-refractivity contribution is -0.135. The van der Waals surface area contributed by atoms with Crippen molar-refractivity contribution in [2.24, 2.45) is 0 Å². The Hall–Kier alpha value is -2.76. The quantitative estimate of drug-likeness (QED) is 0.790. The van der Waals surface area contributed by atoms with E-state index >= 15 is 0 Å². The zero-order chi connectivity index (χ0) is 16.8. The molecule has 1 N–H and O–H groups in total. The van der Waals surface area contributed by atoms with Gasteiger partial charge in [0.1, 0.15) is 12.1 Å². The van der Waals surface area contributed by atoms with Crippen molar-refractivity contribution in [1.82, 2.24) is 14.9 Å². The van der Waals surface area contributed by atoms with Crippen molar-refractivity contribution in [3.63, 3.8) is 0 Å². The molecule has 0 bridgehead atoms. The summed E-state index contributed by atoms with van der Waals surface area (Å²) in [4.78, 5) is 33.9. The van der Waals surface area contributed by atoms with Crippen LogP contribution in [-0.4, -0.2) is 45.7 Å². The lowest BCUT2D eigenvalue weighted by atomic mass is 10.0. The summed E-state index contributed by atoms with van der Waals surface area (Å²) < 4.78 is 0. The van der Waals surface area contributed by atoms with Crippen LogP contribution in [0.2, 0.25) is 0 Å². The van der Waals surface area contributed by atoms with Crippen LogP contribution < -0.4 is 5.32 Å². The number of anilines is 1. The third-order valence-electron chi connectivity index (χ3n) is 4.06. The third-order valence-corrected chi connectivity index (χ3v) is 4.06. The molecule has 3 rings (SSSR count). The van der Waals surface area contributed by atoms with E-state index < -0.39 is 0 Å². The van der Waals surface area contributed by atoms with Gasteiger partial charge in [0.25, 0.3) is 0 Å². The topological polar surface area (TPSA) is 75.2 Å². The number of nitrogens with one attached hydrogen (secondary N) is 1. The van der Waals surface area contributed by atoms with Gasteiger partial charge in [-0.05, 0) is 12.5 Å². The Labute approximate surface area is 140 Å². The maximum absolute atomic E-state index is 12.1. The van der Waals surface area contributed by atoms with Gasteiger partial charge < -0.3 is 10.2 Å². The van der Waals surface area contributed by atoms with Crippen molar-refractivity contribution in [3.8, 4) is 0 Å². The minimum absolute atomic E-state index is 0.0929. The molecule has 1 aromatic carbocycles. The number of likely N-dealkylation sites (tertiary alicyclic amines) is 1. The average molecular weight is 324 g/mol. The smallest absolute Gasteiger partial charge is 0.222 e. The maximum atomic E-state index is 12.1. The van der Waals surface area contributed by atoms with E-state index in [2.05, 4.69) is 15.3 Å². The third kappa shape index (κ3) is 4.16. The Balaban J connectivity index is 1.34. The van der Waals surface area contributed by atoms with Crippen LogP contribution >= 0.6 is 0 Å². The van der Waals surface area contributed by atoms with Crippen LogP contribution in [0.15, 0.2) is 48.9 Å². The van der Waals surface area contributed by atoms with Crippen molar-refractivity contribution < 1.29 is 9.59 Å². The summed E-state index contributed by atoms with van der Waals surface area (Å²) in [6.07, 6.45) is 4.59. The number of aromatic nitrogens is 2. The van der Waals surface area contributed by atoms with E-state index in [1.165, 1.54) is 6.33 Å². The van der Waals surface area contributed by atoms with Gasteiger partial charge in [-0.25, -0.2) is 9.97 Å². The first-order valence-corrected chi connectivity index (χ1v) is 8.11. The highest BCUT2D eigenvalue weighted by Crippen LogP contribution is 2.15. The summed E-state index contributed by atoms with van der Waals surface area (Å²) in [5.74, 6) is 0.975. The van der Waals surface area contributed by atoms with Gasteiger partial charge in [-0.2, -0.15) is 0 Å². The van der Waals surface area contributed by atoms with Crippen LogP contribution in [0.3, 0.4) is 0 Å². The number of carbonyl (C=O) groups excluding carboxylic acids is 2. The standard InChI is InChI=1S/C18H20N4O2/c23-16(14-5-2-1-3-6-14)7-4-8-18(24)22-11-15(12-22)21-17-9-10-19-13-20-17/h1-3,5-6,9-10,13,15H,4,7-8,11-12H2,(H,19,20,21). The fourth-order valence-electron chi connectivity index (χ4n) is 2.69. The molecule has 1 aromatic heterocycles. The molecule has 6 heteroatoms. The number of Topliss-reactive ketones (excluding diaryl/α,β-unsaturated/α-hetero) is 1. The Morgan fingerprint density at radius 3 is 2.62 bits per heavy atom. The summed E-state index contributed by atoms with van der Waals surface area (Å²) in [5, 5.41) is 3.26. The van der Waals surface area contributed by atoms with Gasteiger partial charge in [0.15, 0.2) is 5.78 Å². The van der Waals surface area contributed by atoms with Crippen molar-refractivity contribution >= 4 is 17.5 Å². The normalized spacial score (nSPS) is 14.1. The van der Waals surface area contributed by atoms with Crippen molar-refractivity contribution in [2.75, 3.05) is 18.4 Å². The first-order valence-electron chi connectivity index (χ1n) is 8.11. The Bertz CT molecular complexity index is 685. The Kier molecular flexibility index (Phi) is 5.15. The number of rotatable bonds is 7. The van der Waals surface area contributed by atoms with Crippen LogP contribution in [0.25, 0.3) is 0 Å². The van der Waals surface area contributed by atoms with Crippen LogP contribution in [-0.2, 0) is 4.79 Å². The number of benzene rings is 1. The highest BCUT2D eigenvalue weighted by molar-refractivity contribution is 5.96. The summed E-state index contributed by atoms with van der Waals surface area (Å²) in [7, 11) is 0. The molecule has 1 amide bonds. The molecule has 0 radical (unpaired) electrons.